The van der Waals surface area contributed by atoms with Crippen LogP contribution in [0.15, 0.2) is 73.3 Å². The van der Waals surface area contributed by atoms with Crippen LogP contribution < -0.4 is 11.1 Å². The molecule has 0 aliphatic heterocycles. The molecular weight excluding hydrogens is 352 g/mol. The highest BCUT2D eigenvalue weighted by Gasteiger charge is 2.37. The number of primary amides is 1. The zero-order valence-electron chi connectivity index (χ0n) is 15.6. The number of pyridine rings is 2. The molecule has 4 N–H and O–H groups in total. The second-order valence-corrected chi connectivity index (χ2v) is 6.71. The minimum Gasteiger partial charge on any atom is -0.508 e. The van der Waals surface area contributed by atoms with Crippen molar-refractivity contribution in [1.29, 1.82) is 0 Å². The Kier molecular flexibility index (Phi) is 6.34. The molecule has 0 fully saturated rings. The van der Waals surface area contributed by atoms with E-state index >= 15 is 0 Å². The Morgan fingerprint density at radius 1 is 0.964 bits per heavy atom. The van der Waals surface area contributed by atoms with E-state index in [4.69, 9.17) is 5.73 Å². The van der Waals surface area contributed by atoms with Gasteiger partial charge >= 0.3 is 0 Å². The van der Waals surface area contributed by atoms with Crippen LogP contribution in [0.3, 0.4) is 0 Å². The van der Waals surface area contributed by atoms with E-state index in [0.29, 0.717) is 19.4 Å². The zero-order valence-corrected chi connectivity index (χ0v) is 15.6. The van der Waals surface area contributed by atoms with Crippen molar-refractivity contribution in [1.82, 2.24) is 15.3 Å². The van der Waals surface area contributed by atoms with Gasteiger partial charge in [0.15, 0.2) is 0 Å². The molecule has 1 amide bonds. The van der Waals surface area contributed by atoms with E-state index in [1.54, 1.807) is 42.9 Å². The molecule has 0 radical (unpaired) electrons. The van der Waals surface area contributed by atoms with Gasteiger partial charge in [-0.05, 0) is 66.3 Å². The van der Waals surface area contributed by atoms with E-state index in [0.717, 1.165) is 23.1 Å². The topological polar surface area (TPSA) is 101 Å². The molecule has 0 bridgehead atoms. The van der Waals surface area contributed by atoms with Gasteiger partial charge in [-0.2, -0.15) is 0 Å². The van der Waals surface area contributed by atoms with Gasteiger partial charge in [-0.3, -0.25) is 20.1 Å². The number of aromatic nitrogens is 2. The van der Waals surface area contributed by atoms with Crippen molar-refractivity contribution >= 4 is 5.91 Å². The standard InChI is InChI=1S/C22H24N4O2/c23-21(28)22(19-3-5-20(27)6-4-19,11-7-17-8-13-24-14-9-17)26-15-10-18-2-1-12-25-16-18/h1-6,8-9,12-14,16,26-27H,7,10-11,15H2,(H2,23,28). The normalized spacial score (nSPS) is 13.0. The first-order valence-corrected chi connectivity index (χ1v) is 9.22. The number of nitrogens with two attached hydrogens (primary N) is 1. The van der Waals surface area contributed by atoms with E-state index in [-0.39, 0.29) is 5.75 Å². The van der Waals surface area contributed by atoms with Crippen molar-refractivity contribution in [3.63, 3.8) is 0 Å². The first-order valence-electron chi connectivity index (χ1n) is 9.22. The molecule has 28 heavy (non-hydrogen) atoms. The van der Waals surface area contributed by atoms with Crippen molar-refractivity contribution in [2.24, 2.45) is 5.73 Å². The number of hydrogen-bond acceptors (Lipinski definition) is 5. The van der Waals surface area contributed by atoms with E-state index in [2.05, 4.69) is 15.3 Å². The van der Waals surface area contributed by atoms with Gasteiger partial charge in [-0.25, -0.2) is 0 Å². The zero-order chi connectivity index (χ0) is 19.8. The van der Waals surface area contributed by atoms with Crippen molar-refractivity contribution in [2.45, 2.75) is 24.8 Å². The molecule has 0 saturated heterocycles. The number of aromatic hydroxyl groups is 1. The summed E-state index contributed by atoms with van der Waals surface area (Å²) in [7, 11) is 0. The Morgan fingerprint density at radius 2 is 1.71 bits per heavy atom. The second-order valence-electron chi connectivity index (χ2n) is 6.71. The molecule has 1 aromatic carbocycles. The molecule has 1 unspecified atom stereocenters. The molecule has 0 saturated carbocycles. The Labute approximate surface area is 164 Å². The molecule has 6 heteroatoms. The molecule has 2 heterocycles. The largest absolute Gasteiger partial charge is 0.508 e. The van der Waals surface area contributed by atoms with E-state index in [1.165, 1.54) is 0 Å². The SMILES string of the molecule is NC(=O)C(CCc1ccncc1)(NCCc1cccnc1)c1ccc(O)cc1. The quantitative estimate of drug-likeness (QED) is 0.532. The molecular formula is C22H24N4O2. The Morgan fingerprint density at radius 3 is 2.36 bits per heavy atom. The number of benzene rings is 1. The predicted octanol–water partition coefficient (Wildman–Crippen LogP) is 2.33. The molecule has 0 aliphatic carbocycles. The van der Waals surface area contributed by atoms with Crippen LogP contribution in [0.25, 0.3) is 0 Å². The van der Waals surface area contributed by atoms with Crippen LogP contribution in [-0.2, 0) is 23.2 Å². The fourth-order valence-electron chi connectivity index (χ4n) is 3.28. The summed E-state index contributed by atoms with van der Waals surface area (Å²) in [5.74, 6) is -0.301. The summed E-state index contributed by atoms with van der Waals surface area (Å²) < 4.78 is 0. The average Bonchev–Trinajstić information content (AvgIpc) is 2.72. The highest BCUT2D eigenvalue weighted by molar-refractivity contribution is 5.86. The monoisotopic (exact) mass is 376 g/mol. The fourth-order valence-corrected chi connectivity index (χ4v) is 3.28. The lowest BCUT2D eigenvalue weighted by Crippen LogP contribution is -2.53. The average molecular weight is 376 g/mol. The van der Waals surface area contributed by atoms with Gasteiger partial charge in [0, 0.05) is 31.3 Å². The molecule has 3 rings (SSSR count). The van der Waals surface area contributed by atoms with Gasteiger partial charge in [-0.15, -0.1) is 0 Å². The first-order chi connectivity index (χ1) is 13.6. The van der Waals surface area contributed by atoms with Gasteiger partial charge in [0.2, 0.25) is 5.91 Å². The number of aryl methyl sites for hydroxylation is 1. The number of carbonyl (C=O) groups excluding carboxylic acids is 1. The van der Waals surface area contributed by atoms with E-state index in [9.17, 15) is 9.90 Å². The second kappa shape index (κ2) is 9.10. The molecule has 2 aromatic heterocycles. The van der Waals surface area contributed by atoms with E-state index < -0.39 is 11.4 Å². The van der Waals surface area contributed by atoms with Crippen molar-refractivity contribution in [2.75, 3.05) is 6.54 Å². The van der Waals surface area contributed by atoms with Crippen LogP contribution in [0.4, 0.5) is 0 Å². The van der Waals surface area contributed by atoms with Crippen LogP contribution in [0.2, 0.25) is 0 Å². The summed E-state index contributed by atoms with van der Waals surface area (Å²) in [6.45, 7) is 0.561. The minimum absolute atomic E-state index is 0.145. The summed E-state index contributed by atoms with van der Waals surface area (Å²) in [5, 5.41) is 13.0. The Hall–Kier alpha value is -3.25. The number of nitrogens with zero attached hydrogens (tertiary/aromatic N) is 2. The number of amides is 1. The number of phenolic OH excluding ortho intramolecular Hbond substituents is 1. The van der Waals surface area contributed by atoms with E-state index in [1.807, 2.05) is 30.5 Å². The fraction of sp³-hybridized carbons (Fsp3) is 0.227. The molecule has 1 atom stereocenters. The number of phenols is 1. The van der Waals surface area contributed by atoms with Gasteiger partial charge < -0.3 is 10.8 Å². The first kappa shape index (κ1) is 19.5. The third kappa shape index (κ3) is 4.72. The van der Waals surface area contributed by atoms with Gasteiger partial charge in [0.25, 0.3) is 0 Å². The van der Waals surface area contributed by atoms with Crippen molar-refractivity contribution in [3.05, 3.63) is 90.0 Å². The molecule has 0 aliphatic rings. The smallest absolute Gasteiger partial charge is 0.242 e. The van der Waals surface area contributed by atoms with Crippen molar-refractivity contribution < 1.29 is 9.90 Å². The van der Waals surface area contributed by atoms with Gasteiger partial charge in [0.05, 0.1) is 0 Å². The molecule has 3 aromatic rings. The Balaban J connectivity index is 1.83. The maximum Gasteiger partial charge on any atom is 0.242 e. The summed E-state index contributed by atoms with van der Waals surface area (Å²) in [6, 6.07) is 14.4. The predicted molar refractivity (Wildman–Crippen MR) is 107 cm³/mol. The summed E-state index contributed by atoms with van der Waals surface area (Å²) in [6.07, 6.45) is 8.88. The van der Waals surface area contributed by atoms with Gasteiger partial charge in [0.1, 0.15) is 11.3 Å². The maximum absolute atomic E-state index is 12.6. The lowest BCUT2D eigenvalue weighted by Gasteiger charge is -2.33. The molecule has 144 valence electrons. The van der Waals surface area contributed by atoms with Crippen LogP contribution in [0.5, 0.6) is 5.75 Å². The third-order valence-corrected chi connectivity index (χ3v) is 4.88. The highest BCUT2D eigenvalue weighted by atomic mass is 16.3. The minimum atomic E-state index is -1.04. The molecule has 6 nitrogen and oxygen atoms in total. The summed E-state index contributed by atoms with van der Waals surface area (Å²) >= 11 is 0. The van der Waals surface area contributed by atoms with Crippen LogP contribution in [-0.4, -0.2) is 27.5 Å². The Bertz CT molecular complexity index is 885. The van der Waals surface area contributed by atoms with Crippen LogP contribution in [0.1, 0.15) is 23.1 Å². The maximum atomic E-state index is 12.6. The van der Waals surface area contributed by atoms with Crippen molar-refractivity contribution in [3.8, 4) is 5.75 Å². The highest BCUT2D eigenvalue weighted by Crippen LogP contribution is 2.28. The van der Waals surface area contributed by atoms with Crippen LogP contribution in [0, 0.1) is 0 Å². The lowest BCUT2D eigenvalue weighted by molar-refractivity contribution is -0.125. The number of hydrogen-bond donors (Lipinski definition) is 3. The number of nitrogens with one attached hydrogen (secondary N) is 1. The number of carbonyl (C=O) groups is 1. The third-order valence-electron chi connectivity index (χ3n) is 4.88. The number of rotatable bonds is 9. The lowest BCUT2D eigenvalue weighted by atomic mass is 9.83. The molecule has 0 spiro atoms. The summed E-state index contributed by atoms with van der Waals surface area (Å²) in [4.78, 5) is 20.8. The summed E-state index contributed by atoms with van der Waals surface area (Å²) in [5.41, 5.74) is 7.74. The van der Waals surface area contributed by atoms with Gasteiger partial charge in [-0.1, -0.05) is 18.2 Å². The van der Waals surface area contributed by atoms with Crippen LogP contribution >= 0.6 is 0 Å².